The quantitative estimate of drug-likeness (QED) is 0.657. The molecule has 0 aliphatic carbocycles. The third-order valence-corrected chi connectivity index (χ3v) is 4.59. The number of benzene rings is 2. The van der Waals surface area contributed by atoms with E-state index in [1.807, 2.05) is 6.08 Å². The van der Waals surface area contributed by atoms with E-state index in [1.165, 1.54) is 43.9 Å². The van der Waals surface area contributed by atoms with E-state index < -0.39 is 0 Å². The molecule has 1 heteroatoms. The normalized spacial score (nSPS) is 10.9. The zero-order valence-electron chi connectivity index (χ0n) is 11.0. The van der Waals surface area contributed by atoms with Gasteiger partial charge in [-0.3, -0.25) is 0 Å². The van der Waals surface area contributed by atoms with Crippen molar-refractivity contribution in [2.24, 2.45) is 0 Å². The highest BCUT2D eigenvalue weighted by molar-refractivity contribution is 7.28. The van der Waals surface area contributed by atoms with E-state index >= 15 is 0 Å². The minimum Gasteiger partial charge on any atom is -0.104 e. The lowest BCUT2D eigenvalue weighted by molar-refractivity contribution is 1.25. The molecule has 0 N–H and O–H groups in total. The van der Waals surface area contributed by atoms with Gasteiger partial charge in [-0.25, -0.2) is 0 Å². The molecule has 0 heterocycles. The molecule has 0 fully saturated rings. The van der Waals surface area contributed by atoms with Crippen LogP contribution in [0.4, 0.5) is 0 Å². The summed E-state index contributed by atoms with van der Waals surface area (Å²) in [6, 6.07) is 4.37. The molecule has 0 aliphatic heterocycles. The molecule has 0 saturated carbocycles. The molecule has 0 amide bonds. The van der Waals surface area contributed by atoms with E-state index in [0.29, 0.717) is 0 Å². The molecule has 1 unspecified atom stereocenters. The monoisotopic (exact) mass is 242 g/mol. The average molecular weight is 242 g/mol. The first-order chi connectivity index (χ1) is 7.99. The molecule has 0 saturated heterocycles. The van der Waals surface area contributed by atoms with Crippen LogP contribution in [0.25, 0.3) is 16.8 Å². The molecule has 1 atom stereocenters. The van der Waals surface area contributed by atoms with E-state index in [0.717, 1.165) is 0 Å². The molecule has 0 spiro atoms. The summed E-state index contributed by atoms with van der Waals surface area (Å²) in [5.74, 6) is 0. The molecule has 0 bridgehead atoms. The van der Waals surface area contributed by atoms with Crippen LogP contribution >= 0.6 is 9.24 Å². The molecular formula is C16H19P. The standard InChI is InChI=1S/C16H19P/c1-6-13-7-8-14-11(4)9(2)10(3)12(5)15(14)16(13)17/h6-8H,1,17H2,2-5H3. The van der Waals surface area contributed by atoms with Gasteiger partial charge in [0.05, 0.1) is 0 Å². The van der Waals surface area contributed by atoms with E-state index in [4.69, 9.17) is 0 Å². The van der Waals surface area contributed by atoms with E-state index in [-0.39, 0.29) is 0 Å². The second-order valence-electron chi connectivity index (χ2n) is 4.70. The van der Waals surface area contributed by atoms with Crippen LogP contribution in [0.2, 0.25) is 0 Å². The maximum atomic E-state index is 3.88. The summed E-state index contributed by atoms with van der Waals surface area (Å²) in [5, 5.41) is 4.00. The number of aryl methyl sites for hydroxylation is 2. The van der Waals surface area contributed by atoms with Crippen molar-refractivity contribution < 1.29 is 0 Å². The molecule has 2 aromatic carbocycles. The predicted molar refractivity (Wildman–Crippen MR) is 82.3 cm³/mol. The number of fused-ring (bicyclic) bond motifs is 1. The fourth-order valence-corrected chi connectivity index (χ4v) is 3.07. The van der Waals surface area contributed by atoms with E-state index in [9.17, 15) is 0 Å². The van der Waals surface area contributed by atoms with Crippen LogP contribution in [-0.2, 0) is 0 Å². The van der Waals surface area contributed by atoms with Gasteiger partial charge >= 0.3 is 0 Å². The summed E-state index contributed by atoms with van der Waals surface area (Å²) >= 11 is 0. The maximum absolute atomic E-state index is 3.88. The summed E-state index contributed by atoms with van der Waals surface area (Å²) in [6.07, 6.45) is 1.92. The first-order valence-electron chi connectivity index (χ1n) is 5.90. The van der Waals surface area contributed by atoms with Gasteiger partial charge in [-0.2, -0.15) is 0 Å². The van der Waals surface area contributed by atoms with Crippen molar-refractivity contribution in [3.8, 4) is 0 Å². The predicted octanol–water partition coefficient (Wildman–Crippen LogP) is 4.22. The third kappa shape index (κ3) is 1.72. The first kappa shape index (κ1) is 12.3. The Hall–Kier alpha value is -1.13. The van der Waals surface area contributed by atoms with Crippen molar-refractivity contribution in [2.75, 3.05) is 0 Å². The molecule has 0 aliphatic rings. The Morgan fingerprint density at radius 1 is 0.941 bits per heavy atom. The molecule has 0 radical (unpaired) electrons. The zero-order chi connectivity index (χ0) is 12.7. The Morgan fingerprint density at radius 3 is 2.12 bits per heavy atom. The fourth-order valence-electron chi connectivity index (χ4n) is 2.48. The molecule has 0 nitrogen and oxygen atoms in total. The van der Waals surface area contributed by atoms with Crippen molar-refractivity contribution in [3.63, 3.8) is 0 Å². The molecule has 17 heavy (non-hydrogen) atoms. The van der Waals surface area contributed by atoms with Gasteiger partial charge < -0.3 is 0 Å². The van der Waals surface area contributed by atoms with Crippen molar-refractivity contribution in [2.45, 2.75) is 27.7 Å². The first-order valence-corrected chi connectivity index (χ1v) is 6.47. The Morgan fingerprint density at radius 2 is 1.53 bits per heavy atom. The lowest BCUT2D eigenvalue weighted by atomic mass is 9.91. The number of hydrogen-bond donors (Lipinski definition) is 0. The molecule has 88 valence electrons. The second kappa shape index (κ2) is 4.27. The smallest absolute Gasteiger partial charge is 0.00715 e. The summed E-state index contributed by atoms with van der Waals surface area (Å²) in [6.45, 7) is 12.7. The van der Waals surface area contributed by atoms with Gasteiger partial charge in [0, 0.05) is 0 Å². The Bertz CT molecular complexity index is 621. The maximum Gasteiger partial charge on any atom is -0.00715 e. The van der Waals surface area contributed by atoms with Crippen molar-refractivity contribution >= 4 is 31.4 Å². The Kier molecular flexibility index (Phi) is 3.10. The molecule has 2 aromatic rings. The summed E-state index contributed by atoms with van der Waals surface area (Å²) in [4.78, 5) is 0. The lowest BCUT2D eigenvalue weighted by Gasteiger charge is -2.17. The van der Waals surface area contributed by atoms with Crippen LogP contribution in [0.5, 0.6) is 0 Å². The van der Waals surface area contributed by atoms with Gasteiger partial charge in [-0.1, -0.05) is 24.8 Å². The SMILES string of the molecule is C=Cc1ccc2c(C)c(C)c(C)c(C)c2c1P. The lowest BCUT2D eigenvalue weighted by Crippen LogP contribution is -2.04. The highest BCUT2D eigenvalue weighted by Gasteiger charge is 2.11. The van der Waals surface area contributed by atoms with Gasteiger partial charge in [0.2, 0.25) is 0 Å². The second-order valence-corrected chi connectivity index (χ2v) is 5.27. The van der Waals surface area contributed by atoms with Crippen LogP contribution in [0.15, 0.2) is 18.7 Å². The van der Waals surface area contributed by atoms with Crippen molar-refractivity contribution in [1.29, 1.82) is 0 Å². The van der Waals surface area contributed by atoms with Gasteiger partial charge in [0.1, 0.15) is 0 Å². The van der Waals surface area contributed by atoms with E-state index in [2.05, 4.69) is 55.6 Å². The van der Waals surface area contributed by atoms with Gasteiger partial charge in [-0.15, -0.1) is 9.24 Å². The van der Waals surface area contributed by atoms with Gasteiger partial charge in [0.15, 0.2) is 0 Å². The van der Waals surface area contributed by atoms with Crippen LogP contribution < -0.4 is 5.30 Å². The minimum atomic E-state index is 1.20. The van der Waals surface area contributed by atoms with Crippen molar-refractivity contribution in [3.05, 3.63) is 46.5 Å². The largest absolute Gasteiger partial charge is 0.104 e. The van der Waals surface area contributed by atoms with Crippen LogP contribution in [-0.4, -0.2) is 0 Å². The van der Waals surface area contributed by atoms with E-state index in [1.54, 1.807) is 0 Å². The number of hydrogen-bond acceptors (Lipinski definition) is 0. The van der Waals surface area contributed by atoms with Crippen LogP contribution in [0, 0.1) is 27.7 Å². The summed E-state index contributed by atoms with van der Waals surface area (Å²) < 4.78 is 0. The fraction of sp³-hybridized carbons (Fsp3) is 0.250. The highest BCUT2D eigenvalue weighted by Crippen LogP contribution is 2.29. The molecular weight excluding hydrogens is 223 g/mol. The Labute approximate surface area is 106 Å². The average Bonchev–Trinajstić information content (AvgIpc) is 2.33. The Balaban J connectivity index is 3.06. The summed E-state index contributed by atoms with van der Waals surface area (Å²) in [7, 11) is 2.87. The molecule has 0 aromatic heterocycles. The van der Waals surface area contributed by atoms with Crippen LogP contribution in [0.3, 0.4) is 0 Å². The number of rotatable bonds is 1. The topological polar surface area (TPSA) is 0 Å². The molecule has 2 rings (SSSR count). The van der Waals surface area contributed by atoms with Gasteiger partial charge in [0.25, 0.3) is 0 Å². The third-order valence-electron chi connectivity index (χ3n) is 3.97. The minimum absolute atomic E-state index is 1.20. The highest BCUT2D eigenvalue weighted by atomic mass is 31.0. The zero-order valence-corrected chi connectivity index (χ0v) is 12.2. The van der Waals surface area contributed by atoms with Crippen molar-refractivity contribution in [1.82, 2.24) is 0 Å². The van der Waals surface area contributed by atoms with Gasteiger partial charge in [-0.05, 0) is 71.6 Å². The van der Waals surface area contributed by atoms with Crippen LogP contribution in [0.1, 0.15) is 27.8 Å². The summed E-state index contributed by atoms with van der Waals surface area (Å²) in [5.41, 5.74) is 6.79.